The van der Waals surface area contributed by atoms with E-state index in [-0.39, 0.29) is 83.8 Å². The van der Waals surface area contributed by atoms with Gasteiger partial charge in [0, 0.05) is 17.8 Å². The van der Waals surface area contributed by atoms with E-state index in [1.165, 1.54) is 0 Å². The summed E-state index contributed by atoms with van der Waals surface area (Å²) in [6.07, 6.45) is 0.397. The van der Waals surface area contributed by atoms with Crippen molar-refractivity contribution in [3.05, 3.63) is 323 Å². The lowest BCUT2D eigenvalue weighted by Crippen LogP contribution is -2.44. The molecule has 0 aliphatic carbocycles. The standard InChI is InChI=1S/C39H49NO7.C39H47NO6.C39H44O6/c1-38(2,3)30(25-18-12-8-13-19-25)23-29(36(44)45)31(37(46)47)27(24-16-10-7-11-17-24)22-28(35(42)43)32(34(40)41)33(39(4,5)6)26-20-14-9-15-21-26;1-38(2,3)30(25-18-12-8-13-19-25)23-29(36(43)44)31(37(45)46)27(24-16-10-7-11-17-24)22-28-32(35(42)40-34(28)41)33(39(4,5)6)26-20-14-9-15-21-26;1-38(2,3)30(25-18-12-8-13-19-25)23-29-31(36(42)44-35(29)41)27(24-16-10-7-11-17-24)22-28-32(37(43)45-34(28)40)33(39(4,5)6)26-20-14-9-15-21-26/h7-21,27-33H,22-23H2,1-6H3,(H2,40,41)(H,42,43)(H,44,45)(H,46,47);7-21,27-33H,22-23H2,1-6H3,(H,43,44)(H,45,46)(H,40,41,42);7-21,27-33H,22-23H2,1-6H3. The Morgan fingerprint density at radius 2 is 0.572 bits per heavy atom. The largest absolute Gasteiger partial charge is 0.481 e. The number of rotatable bonds is 36. The zero-order valence-corrected chi connectivity index (χ0v) is 82.9. The van der Waals surface area contributed by atoms with E-state index in [0.29, 0.717) is 17.5 Å². The van der Waals surface area contributed by atoms with Crippen LogP contribution in [0, 0.1) is 104 Å². The Labute approximate surface area is 813 Å². The number of primary amides is 1. The van der Waals surface area contributed by atoms with E-state index in [1.54, 1.807) is 54.6 Å². The topological polar surface area (TPSA) is 362 Å². The van der Waals surface area contributed by atoms with E-state index in [4.69, 9.17) is 15.2 Å². The number of ether oxygens (including phenoxy) is 2. The van der Waals surface area contributed by atoms with Gasteiger partial charge in [0.1, 0.15) is 0 Å². The number of nitrogens with one attached hydrogen (secondary N) is 1. The maximum Gasteiger partial charge on any atom is 0.318 e. The SMILES string of the molecule is CC(C)(C)C(CC(C(=O)O)C(C(=O)O)C(CC(C(=O)O)C(C(N)=O)C(c1ccccc1)C(C)(C)C)c1ccccc1)c1ccccc1.CC(C)(C)C(CC(C(=O)O)C(C(=O)O)C(CC1C(=O)NC(=O)C1C(c1ccccc1)C(C)(C)C)c1ccccc1)c1ccccc1.CC(C)(C)C(CC1C(=O)OC(=O)C1C(CC1C(=O)OC(=O)C1C(c1ccccc1)C(C)(C)C)c1ccccc1)c1ccccc1. The minimum Gasteiger partial charge on any atom is -0.481 e. The normalized spacial score (nSPS) is 20.3. The Kier molecular flexibility index (Phi) is 35.5. The maximum absolute atomic E-state index is 13.7. The summed E-state index contributed by atoms with van der Waals surface area (Å²) in [5, 5.41) is 56.4. The van der Waals surface area contributed by atoms with E-state index < -0.39 is 176 Å². The Bertz CT molecular complexity index is 5620. The van der Waals surface area contributed by atoms with Gasteiger partial charge in [0.05, 0.1) is 71.0 Å². The van der Waals surface area contributed by atoms with Gasteiger partial charge in [0.15, 0.2) is 0 Å². The number of benzene rings is 9. The third kappa shape index (κ3) is 26.6. The number of aliphatic carboxylic acids is 5. The fraction of sp³-hybridized carbons (Fsp3) is 0.436. The summed E-state index contributed by atoms with van der Waals surface area (Å²) in [6.45, 7) is 36.5. The number of carbonyl (C=O) groups excluding carboxylic acids is 7. The van der Waals surface area contributed by atoms with Gasteiger partial charge >= 0.3 is 53.7 Å². The monoisotopic (exact) mass is 1880 g/mol. The zero-order valence-electron chi connectivity index (χ0n) is 82.9. The first-order valence-corrected chi connectivity index (χ1v) is 48.1. The summed E-state index contributed by atoms with van der Waals surface area (Å²) in [5.41, 5.74) is 11.1. The molecule has 3 fully saturated rings. The van der Waals surface area contributed by atoms with Crippen LogP contribution in [0.1, 0.15) is 266 Å². The van der Waals surface area contributed by atoms with Gasteiger partial charge in [-0.15, -0.1) is 0 Å². The van der Waals surface area contributed by atoms with Gasteiger partial charge in [-0.25, -0.2) is 0 Å². The van der Waals surface area contributed by atoms with Crippen LogP contribution in [0.15, 0.2) is 273 Å². The average Bonchev–Trinajstić information content (AvgIpc) is 1.59. The fourth-order valence-corrected chi connectivity index (χ4v) is 22.6. The number of nitrogens with two attached hydrogens (primary N) is 1. The van der Waals surface area contributed by atoms with Crippen LogP contribution in [0.3, 0.4) is 0 Å². The number of cyclic esters (lactones) is 4. The van der Waals surface area contributed by atoms with Crippen LogP contribution >= 0.6 is 0 Å². The Balaban J connectivity index is 0.000000214. The molecule has 3 heterocycles. The molecule has 732 valence electrons. The molecule has 0 aromatic heterocycles. The molecule has 0 radical (unpaired) electrons. The highest BCUT2D eigenvalue weighted by molar-refractivity contribution is 6.06. The molecule has 12 rings (SSSR count). The molecule has 138 heavy (non-hydrogen) atoms. The molecule has 9 aromatic carbocycles. The second-order valence-electron chi connectivity index (χ2n) is 44.4. The Morgan fingerprint density at radius 3 is 0.899 bits per heavy atom. The van der Waals surface area contributed by atoms with E-state index in [1.807, 2.05) is 289 Å². The van der Waals surface area contributed by atoms with Crippen molar-refractivity contribution >= 4 is 71.4 Å². The number of carboxylic acid groups (broad SMARTS) is 5. The molecular formula is C117H140N2O19. The van der Waals surface area contributed by atoms with Crippen LogP contribution in [-0.4, -0.2) is 97.0 Å². The summed E-state index contributed by atoms with van der Waals surface area (Å²) in [4.78, 5) is 161. The van der Waals surface area contributed by atoms with Crippen molar-refractivity contribution in [2.75, 3.05) is 0 Å². The lowest BCUT2D eigenvalue weighted by atomic mass is 9.62. The molecular weight excluding hydrogens is 1740 g/mol. The summed E-state index contributed by atoms with van der Waals surface area (Å²) < 4.78 is 10.8. The molecule has 0 saturated carbocycles. The van der Waals surface area contributed by atoms with Crippen LogP contribution in [0.5, 0.6) is 0 Å². The molecule has 21 atom stereocenters. The van der Waals surface area contributed by atoms with E-state index in [9.17, 15) is 83.1 Å². The fourth-order valence-electron chi connectivity index (χ4n) is 22.6. The molecule has 0 bridgehead atoms. The highest BCUT2D eigenvalue weighted by Crippen LogP contribution is 2.57. The molecule has 3 amide bonds. The molecule has 9 aromatic rings. The van der Waals surface area contributed by atoms with Crippen molar-refractivity contribution < 1.29 is 92.5 Å². The first-order valence-electron chi connectivity index (χ1n) is 48.1. The number of imide groups is 1. The van der Waals surface area contributed by atoms with Crippen molar-refractivity contribution in [3.8, 4) is 0 Å². The third-order valence-electron chi connectivity index (χ3n) is 29.0. The Hall–Kier alpha value is -12.8. The quantitative estimate of drug-likeness (QED) is 0.0109. The van der Waals surface area contributed by atoms with Crippen LogP contribution in [0.4, 0.5) is 0 Å². The number of hydrogen-bond donors (Lipinski definition) is 7. The molecule has 21 heteroatoms. The van der Waals surface area contributed by atoms with Crippen molar-refractivity contribution in [2.24, 2.45) is 109 Å². The van der Waals surface area contributed by atoms with Gasteiger partial charge in [0.25, 0.3) is 0 Å². The van der Waals surface area contributed by atoms with Crippen LogP contribution < -0.4 is 11.1 Å². The Morgan fingerprint density at radius 1 is 0.283 bits per heavy atom. The molecule has 3 aliphatic heterocycles. The summed E-state index contributed by atoms with van der Waals surface area (Å²) >= 11 is 0. The summed E-state index contributed by atoms with van der Waals surface area (Å²) in [5.74, 6) is -27.4. The van der Waals surface area contributed by atoms with Crippen LogP contribution in [0.25, 0.3) is 0 Å². The number of amides is 3. The number of esters is 4. The third-order valence-corrected chi connectivity index (χ3v) is 29.0. The summed E-state index contributed by atoms with van der Waals surface area (Å²) in [7, 11) is 0. The van der Waals surface area contributed by atoms with Crippen molar-refractivity contribution in [1.82, 2.24) is 5.32 Å². The molecule has 21 nitrogen and oxygen atoms in total. The lowest BCUT2D eigenvalue weighted by Gasteiger charge is -2.41. The van der Waals surface area contributed by atoms with Gasteiger partial charge in [-0.05, 0) is 157 Å². The second kappa shape index (κ2) is 45.7. The number of carboxylic acids is 5. The van der Waals surface area contributed by atoms with Gasteiger partial charge in [-0.2, -0.15) is 0 Å². The second-order valence-corrected chi connectivity index (χ2v) is 44.4. The van der Waals surface area contributed by atoms with E-state index in [0.717, 1.165) is 38.9 Å². The average molecular weight is 1880 g/mol. The summed E-state index contributed by atoms with van der Waals surface area (Å²) in [6, 6.07) is 84.6. The van der Waals surface area contributed by atoms with Crippen LogP contribution in [0.2, 0.25) is 0 Å². The van der Waals surface area contributed by atoms with Gasteiger partial charge in [-0.3, -0.25) is 62.9 Å². The van der Waals surface area contributed by atoms with Crippen molar-refractivity contribution in [1.29, 1.82) is 0 Å². The lowest BCUT2D eigenvalue weighted by molar-refractivity contribution is -0.157. The van der Waals surface area contributed by atoms with E-state index in [2.05, 4.69) is 59.0 Å². The smallest absolute Gasteiger partial charge is 0.318 e. The predicted molar refractivity (Wildman–Crippen MR) is 532 cm³/mol. The number of carbonyl (C=O) groups is 12. The van der Waals surface area contributed by atoms with Gasteiger partial charge in [0.2, 0.25) is 17.7 Å². The molecule has 8 N–H and O–H groups in total. The molecule has 21 unspecified atom stereocenters. The maximum atomic E-state index is 13.7. The van der Waals surface area contributed by atoms with Crippen LogP contribution in [-0.2, 0) is 67.0 Å². The molecule has 0 spiro atoms. The minimum absolute atomic E-state index is 0.00869. The molecule has 3 saturated heterocycles. The number of hydrogen-bond acceptors (Lipinski definition) is 14. The highest BCUT2D eigenvalue weighted by atomic mass is 16.6. The predicted octanol–water partition coefficient (Wildman–Crippen LogP) is 22.8. The zero-order chi connectivity index (χ0) is 101. The van der Waals surface area contributed by atoms with Gasteiger partial charge in [-0.1, -0.05) is 398 Å². The first kappa shape index (κ1) is 107. The van der Waals surface area contributed by atoms with E-state index >= 15 is 0 Å². The highest BCUT2D eigenvalue weighted by Gasteiger charge is 2.59. The minimum atomic E-state index is -1.51. The van der Waals surface area contributed by atoms with Gasteiger partial charge < -0.3 is 40.7 Å². The first-order chi connectivity index (χ1) is 64.8. The van der Waals surface area contributed by atoms with Crippen molar-refractivity contribution in [3.63, 3.8) is 0 Å². The molecule has 3 aliphatic rings. The van der Waals surface area contributed by atoms with Crippen molar-refractivity contribution in [2.45, 2.75) is 216 Å².